The maximum atomic E-state index is 3.59. The molecule has 1 fully saturated rings. The molecule has 2 heteroatoms. The SMILES string of the molecule is CC(NCCSc1ccccc1)C1CC1. The van der Waals surface area contributed by atoms with Crippen molar-refractivity contribution in [2.45, 2.75) is 30.7 Å². The number of hydrogen-bond acceptors (Lipinski definition) is 2. The van der Waals surface area contributed by atoms with E-state index in [9.17, 15) is 0 Å². The molecule has 0 saturated heterocycles. The first-order valence-corrected chi connectivity index (χ1v) is 6.76. The Bertz CT molecular complexity index is 282. The number of hydrogen-bond donors (Lipinski definition) is 1. The fourth-order valence-electron chi connectivity index (χ4n) is 1.74. The lowest BCUT2D eigenvalue weighted by molar-refractivity contribution is 0.514. The van der Waals surface area contributed by atoms with Crippen LogP contribution in [0.2, 0.25) is 0 Å². The zero-order chi connectivity index (χ0) is 10.5. The largest absolute Gasteiger partial charge is 0.313 e. The van der Waals surface area contributed by atoms with Gasteiger partial charge in [-0.25, -0.2) is 0 Å². The molecule has 1 unspecified atom stereocenters. The smallest absolute Gasteiger partial charge is 0.0106 e. The third kappa shape index (κ3) is 3.88. The Balaban J connectivity index is 1.58. The molecule has 82 valence electrons. The van der Waals surface area contributed by atoms with Crippen molar-refractivity contribution in [3.05, 3.63) is 30.3 Å². The molecule has 1 aliphatic rings. The quantitative estimate of drug-likeness (QED) is 0.585. The van der Waals surface area contributed by atoms with Gasteiger partial charge >= 0.3 is 0 Å². The van der Waals surface area contributed by atoms with Gasteiger partial charge in [0.25, 0.3) is 0 Å². The summed E-state index contributed by atoms with van der Waals surface area (Å²) in [7, 11) is 0. The minimum absolute atomic E-state index is 0.723. The molecule has 1 aliphatic carbocycles. The second-order valence-electron chi connectivity index (χ2n) is 4.24. The molecule has 1 saturated carbocycles. The van der Waals surface area contributed by atoms with Crippen LogP contribution in [0.3, 0.4) is 0 Å². The van der Waals surface area contributed by atoms with Crippen molar-refractivity contribution < 1.29 is 0 Å². The summed E-state index contributed by atoms with van der Waals surface area (Å²) < 4.78 is 0. The second-order valence-corrected chi connectivity index (χ2v) is 5.41. The van der Waals surface area contributed by atoms with Gasteiger partial charge in [-0.2, -0.15) is 0 Å². The predicted molar refractivity (Wildman–Crippen MR) is 67.4 cm³/mol. The van der Waals surface area contributed by atoms with Crippen LogP contribution in [0.5, 0.6) is 0 Å². The minimum atomic E-state index is 0.723. The van der Waals surface area contributed by atoms with E-state index in [0.717, 1.165) is 18.5 Å². The van der Waals surface area contributed by atoms with Crippen molar-refractivity contribution in [2.75, 3.05) is 12.3 Å². The highest BCUT2D eigenvalue weighted by Crippen LogP contribution is 2.32. The average molecular weight is 221 g/mol. The van der Waals surface area contributed by atoms with Gasteiger partial charge in [-0.1, -0.05) is 18.2 Å². The standard InChI is InChI=1S/C13H19NS/c1-11(12-7-8-12)14-9-10-15-13-5-3-2-4-6-13/h2-6,11-12,14H,7-10H2,1H3. The summed E-state index contributed by atoms with van der Waals surface area (Å²) in [6.45, 7) is 3.43. The van der Waals surface area contributed by atoms with Crippen molar-refractivity contribution in [3.8, 4) is 0 Å². The van der Waals surface area contributed by atoms with E-state index in [1.807, 2.05) is 11.8 Å². The highest BCUT2D eigenvalue weighted by atomic mass is 32.2. The molecular weight excluding hydrogens is 202 g/mol. The van der Waals surface area contributed by atoms with E-state index in [0.29, 0.717) is 0 Å². The van der Waals surface area contributed by atoms with Crippen molar-refractivity contribution in [1.82, 2.24) is 5.32 Å². The van der Waals surface area contributed by atoms with E-state index in [1.54, 1.807) is 0 Å². The lowest BCUT2D eigenvalue weighted by Crippen LogP contribution is -2.29. The van der Waals surface area contributed by atoms with Crippen LogP contribution in [0, 0.1) is 5.92 Å². The topological polar surface area (TPSA) is 12.0 Å². The van der Waals surface area contributed by atoms with Crippen molar-refractivity contribution in [2.24, 2.45) is 5.92 Å². The van der Waals surface area contributed by atoms with Gasteiger partial charge in [0.2, 0.25) is 0 Å². The molecule has 0 radical (unpaired) electrons. The lowest BCUT2D eigenvalue weighted by atomic mass is 10.2. The molecular formula is C13H19NS. The Kier molecular flexibility index (Phi) is 4.09. The van der Waals surface area contributed by atoms with Gasteiger partial charge in [-0.05, 0) is 37.8 Å². The molecule has 1 N–H and O–H groups in total. The molecule has 15 heavy (non-hydrogen) atoms. The number of benzene rings is 1. The van der Waals surface area contributed by atoms with Gasteiger partial charge in [0.05, 0.1) is 0 Å². The van der Waals surface area contributed by atoms with Gasteiger partial charge in [-0.3, -0.25) is 0 Å². The molecule has 2 rings (SSSR count). The molecule has 0 aromatic heterocycles. The van der Waals surface area contributed by atoms with Crippen molar-refractivity contribution >= 4 is 11.8 Å². The van der Waals surface area contributed by atoms with E-state index >= 15 is 0 Å². The summed E-state index contributed by atoms with van der Waals surface area (Å²) in [6, 6.07) is 11.3. The zero-order valence-electron chi connectivity index (χ0n) is 9.28. The van der Waals surface area contributed by atoms with Crippen LogP contribution in [-0.2, 0) is 0 Å². The monoisotopic (exact) mass is 221 g/mol. The van der Waals surface area contributed by atoms with Crippen LogP contribution in [0.4, 0.5) is 0 Å². The van der Waals surface area contributed by atoms with Gasteiger partial charge in [0, 0.05) is 23.2 Å². The first-order chi connectivity index (χ1) is 7.36. The number of thioether (sulfide) groups is 1. The van der Waals surface area contributed by atoms with Crippen LogP contribution >= 0.6 is 11.8 Å². The van der Waals surface area contributed by atoms with Crippen molar-refractivity contribution in [3.63, 3.8) is 0 Å². The summed E-state index contributed by atoms with van der Waals surface area (Å²) in [5.74, 6) is 2.13. The average Bonchev–Trinajstić information content (AvgIpc) is 3.09. The molecule has 0 bridgehead atoms. The summed E-state index contributed by atoms with van der Waals surface area (Å²) in [5, 5.41) is 3.59. The first-order valence-electron chi connectivity index (χ1n) is 5.77. The highest BCUT2D eigenvalue weighted by Gasteiger charge is 2.26. The molecule has 0 amide bonds. The lowest BCUT2D eigenvalue weighted by Gasteiger charge is -2.11. The highest BCUT2D eigenvalue weighted by molar-refractivity contribution is 7.99. The maximum Gasteiger partial charge on any atom is 0.0106 e. The Morgan fingerprint density at radius 2 is 2.07 bits per heavy atom. The molecule has 0 aliphatic heterocycles. The normalized spacial score (nSPS) is 17.7. The Morgan fingerprint density at radius 1 is 1.33 bits per heavy atom. The van der Waals surface area contributed by atoms with E-state index in [2.05, 4.69) is 42.6 Å². The van der Waals surface area contributed by atoms with Crippen LogP contribution in [0.1, 0.15) is 19.8 Å². The molecule has 0 heterocycles. The second kappa shape index (κ2) is 5.57. The third-order valence-corrected chi connectivity index (χ3v) is 3.92. The summed E-state index contributed by atoms with van der Waals surface area (Å²) in [5.41, 5.74) is 0. The van der Waals surface area contributed by atoms with E-state index in [-0.39, 0.29) is 0 Å². The van der Waals surface area contributed by atoms with Gasteiger partial charge < -0.3 is 5.32 Å². The Labute approximate surface area is 96.7 Å². The molecule has 1 aromatic rings. The van der Waals surface area contributed by atoms with Crippen LogP contribution in [0.25, 0.3) is 0 Å². The molecule has 1 aromatic carbocycles. The van der Waals surface area contributed by atoms with E-state index in [1.165, 1.54) is 23.5 Å². The molecule has 1 atom stereocenters. The Morgan fingerprint density at radius 3 is 2.73 bits per heavy atom. The summed E-state index contributed by atoms with van der Waals surface area (Å²) >= 11 is 1.93. The fraction of sp³-hybridized carbons (Fsp3) is 0.538. The number of nitrogens with one attached hydrogen (secondary N) is 1. The van der Waals surface area contributed by atoms with E-state index < -0.39 is 0 Å². The first kappa shape index (κ1) is 11.0. The van der Waals surface area contributed by atoms with Crippen LogP contribution in [0.15, 0.2) is 35.2 Å². The van der Waals surface area contributed by atoms with Crippen LogP contribution < -0.4 is 5.32 Å². The molecule has 0 spiro atoms. The third-order valence-electron chi connectivity index (χ3n) is 2.91. The molecule has 1 nitrogen and oxygen atoms in total. The minimum Gasteiger partial charge on any atom is -0.313 e. The summed E-state index contributed by atoms with van der Waals surface area (Å²) in [6.07, 6.45) is 2.86. The van der Waals surface area contributed by atoms with Crippen LogP contribution in [-0.4, -0.2) is 18.3 Å². The predicted octanol–water partition coefficient (Wildman–Crippen LogP) is 3.17. The Hall–Kier alpha value is -0.470. The number of rotatable bonds is 6. The maximum absolute atomic E-state index is 3.59. The summed E-state index contributed by atoms with van der Waals surface area (Å²) in [4.78, 5) is 1.37. The van der Waals surface area contributed by atoms with Gasteiger partial charge in [0.15, 0.2) is 0 Å². The zero-order valence-corrected chi connectivity index (χ0v) is 10.1. The van der Waals surface area contributed by atoms with Gasteiger partial charge in [0.1, 0.15) is 0 Å². The fourth-order valence-corrected chi connectivity index (χ4v) is 2.54. The van der Waals surface area contributed by atoms with E-state index in [4.69, 9.17) is 0 Å². The van der Waals surface area contributed by atoms with Crippen molar-refractivity contribution in [1.29, 1.82) is 0 Å². The van der Waals surface area contributed by atoms with Gasteiger partial charge in [-0.15, -0.1) is 11.8 Å².